The van der Waals surface area contributed by atoms with Crippen LogP contribution in [0.1, 0.15) is 41.6 Å². The van der Waals surface area contributed by atoms with Gasteiger partial charge in [0.2, 0.25) is 0 Å². The lowest BCUT2D eigenvalue weighted by molar-refractivity contribution is 0.111. The number of nitriles is 1. The highest BCUT2D eigenvalue weighted by Crippen LogP contribution is 2.28. The van der Waals surface area contributed by atoms with Crippen molar-refractivity contribution in [2.24, 2.45) is 0 Å². The van der Waals surface area contributed by atoms with Crippen molar-refractivity contribution >= 4 is 27.9 Å². The summed E-state index contributed by atoms with van der Waals surface area (Å²) < 4.78 is 26.7. The van der Waals surface area contributed by atoms with Crippen LogP contribution in [-0.2, 0) is 27.8 Å². The number of imidazole rings is 1. The lowest BCUT2D eigenvalue weighted by Crippen LogP contribution is -2.22. The number of aldehydes is 1. The molecular formula is C22H21ClN4O4S. The minimum Gasteiger partial charge on any atom is -0.320 e. The molecule has 166 valence electrons. The number of hydrogen-bond acceptors (Lipinski definition) is 6. The van der Waals surface area contributed by atoms with Crippen LogP contribution >= 0.6 is 11.6 Å². The van der Waals surface area contributed by atoms with Gasteiger partial charge in [0.15, 0.2) is 11.4 Å². The molecule has 0 spiro atoms. The van der Waals surface area contributed by atoms with Gasteiger partial charge in [0.05, 0.1) is 4.90 Å². The van der Waals surface area contributed by atoms with Crippen LogP contribution < -0.4 is 4.89 Å². The molecule has 1 aromatic heterocycles. The molecular weight excluding hydrogens is 452 g/mol. The predicted molar refractivity (Wildman–Crippen MR) is 119 cm³/mol. The topological polar surface area (TPSA) is 114 Å². The monoisotopic (exact) mass is 472 g/mol. The van der Waals surface area contributed by atoms with Crippen molar-refractivity contribution in [1.29, 1.82) is 5.26 Å². The fourth-order valence-corrected chi connectivity index (χ4v) is 4.54. The summed E-state index contributed by atoms with van der Waals surface area (Å²) in [5.41, 5.74) is 2.35. The first-order chi connectivity index (χ1) is 15.4. The summed E-state index contributed by atoms with van der Waals surface area (Å²) in [6, 6.07) is 13.7. The van der Waals surface area contributed by atoms with Gasteiger partial charge in [0.1, 0.15) is 11.5 Å². The summed E-state index contributed by atoms with van der Waals surface area (Å²) in [5, 5.41) is 8.67. The number of hydrogen-bond donors (Lipinski definition) is 1. The molecule has 0 saturated carbocycles. The van der Waals surface area contributed by atoms with E-state index in [9.17, 15) is 13.2 Å². The predicted octanol–water partition coefficient (Wildman–Crippen LogP) is 4.10. The summed E-state index contributed by atoms with van der Waals surface area (Å²) in [4.78, 5) is 21.8. The van der Waals surface area contributed by atoms with Crippen LogP contribution in [0.25, 0.3) is 11.1 Å². The summed E-state index contributed by atoms with van der Waals surface area (Å²) in [6.07, 6.45) is 4.62. The molecule has 0 aliphatic carbocycles. The number of nitrogens with zero attached hydrogens (tertiary/aromatic N) is 3. The number of aryl methyl sites for hydroxylation is 1. The maximum absolute atomic E-state index is 12.4. The zero-order chi connectivity index (χ0) is 23.1. The van der Waals surface area contributed by atoms with Gasteiger partial charge in [0.25, 0.3) is 10.0 Å². The number of carbonyl (C=O) groups is 1. The Kier molecular flexibility index (Phi) is 7.64. The van der Waals surface area contributed by atoms with Gasteiger partial charge < -0.3 is 9.40 Å². The van der Waals surface area contributed by atoms with E-state index in [0.29, 0.717) is 36.1 Å². The van der Waals surface area contributed by atoms with Crippen LogP contribution in [0.15, 0.2) is 53.4 Å². The Labute approximate surface area is 191 Å². The van der Waals surface area contributed by atoms with Crippen LogP contribution in [0.5, 0.6) is 0 Å². The number of nitrogens with one attached hydrogen (secondary N) is 1. The first-order valence-corrected chi connectivity index (χ1v) is 11.7. The number of carbonyl (C=O) groups excluding carboxylic acids is 1. The molecule has 0 aliphatic heterocycles. The lowest BCUT2D eigenvalue weighted by Gasteiger charge is -2.12. The normalized spacial score (nSPS) is 11.2. The molecule has 0 unspecified atom stereocenters. The van der Waals surface area contributed by atoms with Gasteiger partial charge >= 0.3 is 6.26 Å². The van der Waals surface area contributed by atoms with E-state index < -0.39 is 10.0 Å². The van der Waals surface area contributed by atoms with Crippen molar-refractivity contribution < 1.29 is 18.0 Å². The molecule has 3 aromatic rings. The van der Waals surface area contributed by atoms with Crippen molar-refractivity contribution in [2.45, 2.75) is 37.6 Å². The first-order valence-electron chi connectivity index (χ1n) is 9.86. The van der Waals surface area contributed by atoms with Crippen molar-refractivity contribution in [3.05, 3.63) is 70.8 Å². The van der Waals surface area contributed by atoms with Gasteiger partial charge in [-0.1, -0.05) is 67.4 Å². The summed E-state index contributed by atoms with van der Waals surface area (Å²) in [5.74, 6) is 0.753. The SMILES string of the molecule is CCCCc1nc(Cl)c(C=O)n1Cc1ccc(-c2ccccc2S(=O)(=O)NOC#N)cc1. The number of benzene rings is 2. The van der Waals surface area contributed by atoms with E-state index in [0.717, 1.165) is 24.2 Å². The van der Waals surface area contributed by atoms with Gasteiger partial charge in [-0.25, -0.2) is 13.4 Å². The molecule has 0 atom stereocenters. The number of aromatic nitrogens is 2. The summed E-state index contributed by atoms with van der Waals surface area (Å²) in [6.45, 7) is 2.49. The van der Waals surface area contributed by atoms with Crippen LogP contribution in [0.2, 0.25) is 5.15 Å². The average molecular weight is 473 g/mol. The average Bonchev–Trinajstić information content (AvgIpc) is 3.10. The van der Waals surface area contributed by atoms with Gasteiger partial charge in [-0.05, 0) is 28.5 Å². The first kappa shape index (κ1) is 23.5. The van der Waals surface area contributed by atoms with E-state index in [2.05, 4.69) is 16.7 Å². The van der Waals surface area contributed by atoms with E-state index in [1.54, 1.807) is 35.2 Å². The third-order valence-corrected chi connectivity index (χ3v) is 6.40. The Morgan fingerprint density at radius 2 is 1.94 bits per heavy atom. The summed E-state index contributed by atoms with van der Waals surface area (Å²) in [7, 11) is -4.04. The Bertz CT molecular complexity index is 1250. The highest BCUT2D eigenvalue weighted by Gasteiger charge is 2.20. The van der Waals surface area contributed by atoms with Crippen molar-refractivity contribution in [2.75, 3.05) is 0 Å². The third-order valence-electron chi connectivity index (χ3n) is 4.89. The van der Waals surface area contributed by atoms with Gasteiger partial charge in [0, 0.05) is 18.5 Å². The molecule has 10 heteroatoms. The largest absolute Gasteiger partial charge is 0.320 e. The molecule has 3 rings (SSSR count). The zero-order valence-electron chi connectivity index (χ0n) is 17.3. The Hall–Kier alpha value is -3.19. The fraction of sp³-hybridized carbons (Fsp3) is 0.227. The van der Waals surface area contributed by atoms with E-state index in [1.807, 2.05) is 16.7 Å². The maximum Gasteiger partial charge on any atom is 0.308 e. The van der Waals surface area contributed by atoms with Gasteiger partial charge in [-0.2, -0.15) is 0 Å². The Morgan fingerprint density at radius 1 is 1.22 bits per heavy atom. The third kappa shape index (κ3) is 5.16. The minimum absolute atomic E-state index is 0.0190. The molecule has 0 bridgehead atoms. The molecule has 1 N–H and O–H groups in total. The quantitative estimate of drug-likeness (QED) is 0.270. The smallest absolute Gasteiger partial charge is 0.308 e. The second-order valence-corrected chi connectivity index (χ2v) is 8.96. The van der Waals surface area contributed by atoms with E-state index in [1.165, 1.54) is 12.3 Å². The fourth-order valence-electron chi connectivity index (χ4n) is 3.33. The van der Waals surface area contributed by atoms with Crippen LogP contribution in [0, 0.1) is 11.5 Å². The number of sulfonamides is 1. The summed E-state index contributed by atoms with van der Waals surface area (Å²) >= 11 is 6.14. The highest BCUT2D eigenvalue weighted by atomic mass is 35.5. The number of halogens is 1. The Balaban J connectivity index is 1.91. The second kappa shape index (κ2) is 10.4. The molecule has 1 heterocycles. The molecule has 0 amide bonds. The standard InChI is InChI=1S/C22H21ClN4O4S/c1-2-3-8-21-25-22(23)19(14-28)27(21)13-16-9-11-17(12-10-16)18-6-4-5-7-20(18)32(29,30)26-31-15-24/h4-7,9-12,14,26H,2-3,8,13H2,1H3. The second-order valence-electron chi connectivity index (χ2n) is 6.98. The van der Waals surface area contributed by atoms with Crippen molar-refractivity contribution in [3.8, 4) is 17.4 Å². The Morgan fingerprint density at radius 3 is 2.59 bits per heavy atom. The van der Waals surface area contributed by atoms with E-state index in [4.69, 9.17) is 16.9 Å². The molecule has 0 saturated heterocycles. The highest BCUT2D eigenvalue weighted by molar-refractivity contribution is 7.89. The molecule has 0 fully saturated rings. The molecule has 8 nitrogen and oxygen atoms in total. The van der Waals surface area contributed by atoms with E-state index >= 15 is 0 Å². The van der Waals surface area contributed by atoms with E-state index in [-0.39, 0.29) is 10.0 Å². The van der Waals surface area contributed by atoms with Crippen molar-refractivity contribution in [1.82, 2.24) is 14.4 Å². The lowest BCUT2D eigenvalue weighted by atomic mass is 10.0. The van der Waals surface area contributed by atoms with Crippen LogP contribution in [0.4, 0.5) is 0 Å². The van der Waals surface area contributed by atoms with Crippen LogP contribution in [-0.4, -0.2) is 24.3 Å². The van der Waals surface area contributed by atoms with Gasteiger partial charge in [-0.3, -0.25) is 4.79 Å². The zero-order valence-corrected chi connectivity index (χ0v) is 18.9. The molecule has 0 radical (unpaired) electrons. The maximum atomic E-state index is 12.4. The molecule has 2 aromatic carbocycles. The van der Waals surface area contributed by atoms with Crippen molar-refractivity contribution in [3.63, 3.8) is 0 Å². The minimum atomic E-state index is -4.04. The number of rotatable bonds is 10. The number of unbranched alkanes of at least 4 members (excludes halogenated alkanes) is 1. The van der Waals surface area contributed by atoms with Crippen LogP contribution in [0.3, 0.4) is 0 Å². The van der Waals surface area contributed by atoms with Gasteiger partial charge in [-0.15, -0.1) is 5.26 Å². The molecule has 0 aliphatic rings. The molecule has 32 heavy (non-hydrogen) atoms.